The van der Waals surface area contributed by atoms with Crippen LogP contribution in [0.15, 0.2) is 18.2 Å². The largest absolute Gasteiger partial charge is 0.379 e. The SMILES string of the molecule is CCCCCNc1cccc(C#N)c1[N+](=O)[O-]. The quantitative estimate of drug-likeness (QED) is 0.465. The molecule has 0 saturated carbocycles. The second-order valence-electron chi connectivity index (χ2n) is 3.70. The number of nitriles is 1. The van der Waals surface area contributed by atoms with Gasteiger partial charge in [0.1, 0.15) is 17.3 Å². The highest BCUT2D eigenvalue weighted by molar-refractivity contribution is 5.68. The number of hydrogen-bond acceptors (Lipinski definition) is 4. The van der Waals surface area contributed by atoms with Crippen LogP contribution in [0.1, 0.15) is 31.7 Å². The lowest BCUT2D eigenvalue weighted by Crippen LogP contribution is -2.05. The summed E-state index contributed by atoms with van der Waals surface area (Å²) in [4.78, 5) is 10.4. The van der Waals surface area contributed by atoms with Crippen molar-refractivity contribution in [3.05, 3.63) is 33.9 Å². The number of nitrogens with one attached hydrogen (secondary N) is 1. The fourth-order valence-corrected chi connectivity index (χ4v) is 1.57. The van der Waals surface area contributed by atoms with Gasteiger partial charge in [0.15, 0.2) is 0 Å². The second kappa shape index (κ2) is 6.48. The molecule has 5 heteroatoms. The van der Waals surface area contributed by atoms with Crippen molar-refractivity contribution in [3.63, 3.8) is 0 Å². The summed E-state index contributed by atoms with van der Waals surface area (Å²) in [6.07, 6.45) is 3.14. The Kier molecular flexibility index (Phi) is 4.95. The van der Waals surface area contributed by atoms with E-state index in [2.05, 4.69) is 12.2 Å². The van der Waals surface area contributed by atoms with E-state index in [1.165, 1.54) is 6.07 Å². The summed E-state index contributed by atoms with van der Waals surface area (Å²) in [7, 11) is 0. The number of benzene rings is 1. The average Bonchev–Trinajstić information content (AvgIpc) is 2.33. The predicted molar refractivity (Wildman–Crippen MR) is 65.8 cm³/mol. The van der Waals surface area contributed by atoms with Crippen LogP contribution in [-0.4, -0.2) is 11.5 Å². The van der Waals surface area contributed by atoms with Crippen molar-refractivity contribution in [1.29, 1.82) is 5.26 Å². The van der Waals surface area contributed by atoms with Gasteiger partial charge in [0.25, 0.3) is 0 Å². The molecule has 0 amide bonds. The van der Waals surface area contributed by atoms with E-state index in [0.29, 0.717) is 12.2 Å². The number of nitrogens with zero attached hydrogens (tertiary/aromatic N) is 2. The molecule has 0 unspecified atom stereocenters. The zero-order chi connectivity index (χ0) is 12.7. The number of rotatable bonds is 6. The number of nitro benzene ring substituents is 1. The minimum Gasteiger partial charge on any atom is -0.379 e. The van der Waals surface area contributed by atoms with Crippen LogP contribution in [0.25, 0.3) is 0 Å². The fourth-order valence-electron chi connectivity index (χ4n) is 1.57. The van der Waals surface area contributed by atoms with Gasteiger partial charge in [-0.2, -0.15) is 5.26 Å². The molecule has 0 heterocycles. The molecule has 0 atom stereocenters. The van der Waals surface area contributed by atoms with Crippen molar-refractivity contribution in [2.75, 3.05) is 11.9 Å². The number of unbranched alkanes of at least 4 members (excludes halogenated alkanes) is 2. The highest BCUT2D eigenvalue weighted by Crippen LogP contribution is 2.27. The third kappa shape index (κ3) is 3.45. The van der Waals surface area contributed by atoms with E-state index < -0.39 is 4.92 Å². The smallest absolute Gasteiger partial charge is 0.309 e. The average molecular weight is 233 g/mol. The van der Waals surface area contributed by atoms with Gasteiger partial charge >= 0.3 is 5.69 Å². The van der Waals surface area contributed by atoms with Crippen molar-refractivity contribution in [1.82, 2.24) is 0 Å². The Bertz CT molecular complexity index is 438. The summed E-state index contributed by atoms with van der Waals surface area (Å²) in [5, 5.41) is 22.7. The molecule has 0 spiro atoms. The predicted octanol–water partition coefficient (Wildman–Crippen LogP) is 3.07. The molecule has 90 valence electrons. The van der Waals surface area contributed by atoms with Gasteiger partial charge in [-0.05, 0) is 18.6 Å². The maximum absolute atomic E-state index is 10.9. The molecule has 0 saturated heterocycles. The zero-order valence-electron chi connectivity index (χ0n) is 9.77. The number of para-hydroxylation sites is 1. The van der Waals surface area contributed by atoms with E-state index in [1.807, 2.05) is 6.07 Å². The number of hydrogen-bond donors (Lipinski definition) is 1. The number of nitro groups is 1. The number of anilines is 1. The zero-order valence-corrected chi connectivity index (χ0v) is 9.77. The molecule has 1 rings (SSSR count). The van der Waals surface area contributed by atoms with Crippen LogP contribution in [0.5, 0.6) is 0 Å². The maximum Gasteiger partial charge on any atom is 0.309 e. The normalized spacial score (nSPS) is 9.65. The van der Waals surface area contributed by atoms with Gasteiger partial charge < -0.3 is 5.32 Å². The van der Waals surface area contributed by atoms with Crippen LogP contribution < -0.4 is 5.32 Å². The molecule has 5 nitrogen and oxygen atoms in total. The van der Waals surface area contributed by atoms with E-state index in [4.69, 9.17) is 5.26 Å². The van der Waals surface area contributed by atoms with Crippen molar-refractivity contribution < 1.29 is 4.92 Å². The molecule has 0 bridgehead atoms. The van der Waals surface area contributed by atoms with E-state index in [9.17, 15) is 10.1 Å². The van der Waals surface area contributed by atoms with Crippen LogP contribution in [0, 0.1) is 21.4 Å². The first-order valence-corrected chi connectivity index (χ1v) is 5.62. The second-order valence-corrected chi connectivity index (χ2v) is 3.70. The van der Waals surface area contributed by atoms with Crippen molar-refractivity contribution >= 4 is 11.4 Å². The first kappa shape index (κ1) is 13.0. The summed E-state index contributed by atoms with van der Waals surface area (Å²) in [5.41, 5.74) is 0.382. The summed E-state index contributed by atoms with van der Waals surface area (Å²) in [6.45, 7) is 2.78. The Hall–Kier alpha value is -2.09. The van der Waals surface area contributed by atoms with Crippen LogP contribution in [-0.2, 0) is 0 Å². The molecular formula is C12H15N3O2. The van der Waals surface area contributed by atoms with Crippen LogP contribution in [0.3, 0.4) is 0 Å². The lowest BCUT2D eigenvalue weighted by Gasteiger charge is -2.07. The highest BCUT2D eigenvalue weighted by Gasteiger charge is 2.18. The lowest BCUT2D eigenvalue weighted by molar-refractivity contribution is -0.384. The molecule has 0 radical (unpaired) electrons. The Morgan fingerprint density at radius 1 is 1.47 bits per heavy atom. The molecule has 17 heavy (non-hydrogen) atoms. The van der Waals surface area contributed by atoms with Gasteiger partial charge in [-0.25, -0.2) is 0 Å². The topological polar surface area (TPSA) is 79.0 Å². The van der Waals surface area contributed by atoms with Crippen LogP contribution >= 0.6 is 0 Å². The van der Waals surface area contributed by atoms with Gasteiger partial charge in [-0.3, -0.25) is 10.1 Å². The van der Waals surface area contributed by atoms with Crippen molar-refractivity contribution in [2.24, 2.45) is 0 Å². The van der Waals surface area contributed by atoms with Crippen LogP contribution in [0.4, 0.5) is 11.4 Å². The van der Waals surface area contributed by atoms with Gasteiger partial charge in [0.2, 0.25) is 0 Å². The Balaban J connectivity index is 2.84. The van der Waals surface area contributed by atoms with Gasteiger partial charge in [0, 0.05) is 6.54 Å². The molecular weight excluding hydrogens is 218 g/mol. The Morgan fingerprint density at radius 2 is 2.24 bits per heavy atom. The lowest BCUT2D eigenvalue weighted by atomic mass is 10.1. The molecule has 0 aromatic heterocycles. The highest BCUT2D eigenvalue weighted by atomic mass is 16.6. The summed E-state index contributed by atoms with van der Waals surface area (Å²) < 4.78 is 0. The van der Waals surface area contributed by atoms with Gasteiger partial charge in [0.05, 0.1) is 4.92 Å². The Morgan fingerprint density at radius 3 is 2.82 bits per heavy atom. The molecule has 1 N–H and O–H groups in total. The molecule has 0 aliphatic rings. The summed E-state index contributed by atoms with van der Waals surface area (Å²) in [6, 6.07) is 6.57. The van der Waals surface area contributed by atoms with Gasteiger partial charge in [-0.15, -0.1) is 0 Å². The first-order chi connectivity index (χ1) is 8.20. The van der Waals surface area contributed by atoms with Gasteiger partial charge in [-0.1, -0.05) is 25.8 Å². The monoisotopic (exact) mass is 233 g/mol. The molecule has 0 fully saturated rings. The summed E-state index contributed by atoms with van der Waals surface area (Å²) in [5.74, 6) is 0. The minimum absolute atomic E-state index is 0.0930. The molecule has 1 aromatic carbocycles. The first-order valence-electron chi connectivity index (χ1n) is 5.62. The standard InChI is InChI=1S/C12H15N3O2/c1-2-3-4-8-14-11-7-5-6-10(9-13)12(11)15(16)17/h5-7,14H,2-4,8H2,1H3. The maximum atomic E-state index is 10.9. The van der Waals surface area contributed by atoms with Crippen molar-refractivity contribution in [3.8, 4) is 6.07 Å². The van der Waals surface area contributed by atoms with Crippen LogP contribution in [0.2, 0.25) is 0 Å². The van der Waals surface area contributed by atoms with E-state index in [0.717, 1.165) is 19.3 Å². The Labute approximate surface area is 100 Å². The third-order valence-corrected chi connectivity index (χ3v) is 2.43. The van der Waals surface area contributed by atoms with E-state index in [-0.39, 0.29) is 11.3 Å². The molecule has 0 aliphatic carbocycles. The van der Waals surface area contributed by atoms with E-state index >= 15 is 0 Å². The minimum atomic E-state index is -0.513. The fraction of sp³-hybridized carbons (Fsp3) is 0.417. The van der Waals surface area contributed by atoms with E-state index in [1.54, 1.807) is 12.1 Å². The molecule has 1 aromatic rings. The third-order valence-electron chi connectivity index (χ3n) is 2.43. The van der Waals surface area contributed by atoms with Crippen molar-refractivity contribution in [2.45, 2.75) is 26.2 Å². The molecule has 0 aliphatic heterocycles. The summed E-state index contributed by atoms with van der Waals surface area (Å²) >= 11 is 0.